The Bertz CT molecular complexity index is 968. The SMILES string of the molecule is [2H]c1cc2cc(C(CC)CC)ccc2c(-c2cc(C)cc(C)c2C)[n+]1C. The summed E-state index contributed by atoms with van der Waals surface area (Å²) in [6.07, 6.45) is 2.85. The Morgan fingerprint density at radius 3 is 2.40 bits per heavy atom. The molecule has 1 heterocycles. The van der Waals surface area contributed by atoms with Crippen molar-refractivity contribution in [2.24, 2.45) is 7.05 Å². The second-order valence-electron chi connectivity index (χ2n) is 7.30. The zero-order valence-electron chi connectivity index (χ0n) is 17.4. The fourth-order valence-corrected chi connectivity index (χ4v) is 3.95. The first-order chi connectivity index (χ1) is 12.4. The molecule has 0 aliphatic heterocycles. The molecule has 0 radical (unpaired) electrons. The Kier molecular flexibility index (Phi) is 4.57. The maximum Gasteiger partial charge on any atom is 0.220 e. The number of pyridine rings is 1. The van der Waals surface area contributed by atoms with E-state index in [0.29, 0.717) is 12.1 Å². The van der Waals surface area contributed by atoms with Crippen LogP contribution < -0.4 is 4.57 Å². The summed E-state index contributed by atoms with van der Waals surface area (Å²) in [5.41, 5.74) is 7.63. The summed E-state index contributed by atoms with van der Waals surface area (Å²) in [5.74, 6) is 0.592. The van der Waals surface area contributed by atoms with Gasteiger partial charge in [-0.3, -0.25) is 0 Å². The van der Waals surface area contributed by atoms with Crippen LogP contribution in [0.1, 0.15) is 56.2 Å². The molecule has 1 heteroatoms. The molecule has 0 unspecified atom stereocenters. The fourth-order valence-electron chi connectivity index (χ4n) is 3.95. The van der Waals surface area contributed by atoms with E-state index in [1.807, 2.05) is 17.7 Å². The van der Waals surface area contributed by atoms with E-state index in [9.17, 15) is 0 Å². The van der Waals surface area contributed by atoms with Gasteiger partial charge in [0.05, 0.1) is 10.9 Å². The van der Waals surface area contributed by atoms with Gasteiger partial charge in [0.2, 0.25) is 5.69 Å². The van der Waals surface area contributed by atoms with Crippen LogP contribution in [0.25, 0.3) is 22.0 Å². The minimum absolute atomic E-state index is 0.549. The van der Waals surface area contributed by atoms with E-state index in [2.05, 4.69) is 65.0 Å². The van der Waals surface area contributed by atoms with Gasteiger partial charge in [-0.05, 0) is 73.7 Å². The van der Waals surface area contributed by atoms with Crippen LogP contribution in [0.15, 0.2) is 42.6 Å². The lowest BCUT2D eigenvalue weighted by atomic mass is 9.90. The lowest BCUT2D eigenvalue weighted by molar-refractivity contribution is -0.659. The van der Waals surface area contributed by atoms with Crippen LogP contribution in [0.2, 0.25) is 0 Å². The van der Waals surface area contributed by atoms with Gasteiger partial charge < -0.3 is 0 Å². The normalized spacial score (nSPS) is 12.0. The van der Waals surface area contributed by atoms with E-state index >= 15 is 0 Å². The van der Waals surface area contributed by atoms with E-state index in [4.69, 9.17) is 1.37 Å². The Morgan fingerprint density at radius 1 is 1.00 bits per heavy atom. The highest BCUT2D eigenvalue weighted by molar-refractivity contribution is 5.94. The van der Waals surface area contributed by atoms with Gasteiger partial charge >= 0.3 is 0 Å². The molecule has 0 spiro atoms. The van der Waals surface area contributed by atoms with Crippen molar-refractivity contribution in [3.05, 3.63) is 64.8 Å². The number of aryl methyl sites for hydroxylation is 2. The van der Waals surface area contributed by atoms with Gasteiger partial charge in [0, 0.05) is 6.07 Å². The Hall–Kier alpha value is -2.15. The van der Waals surface area contributed by atoms with Gasteiger partial charge in [0.1, 0.15) is 8.42 Å². The van der Waals surface area contributed by atoms with Crippen LogP contribution in [0.5, 0.6) is 0 Å². The van der Waals surface area contributed by atoms with Crippen LogP contribution in [-0.2, 0) is 7.05 Å². The number of benzene rings is 2. The number of fused-ring (bicyclic) bond motifs is 1. The maximum atomic E-state index is 8.50. The molecule has 0 aliphatic rings. The fraction of sp³-hybridized carbons (Fsp3) is 0.375. The molecule has 0 aliphatic carbocycles. The summed E-state index contributed by atoms with van der Waals surface area (Å²) >= 11 is 0. The molecule has 0 bridgehead atoms. The molecule has 0 amide bonds. The van der Waals surface area contributed by atoms with E-state index in [1.54, 1.807) is 0 Å². The molecule has 1 aromatic heterocycles. The van der Waals surface area contributed by atoms with Crippen molar-refractivity contribution in [3.63, 3.8) is 0 Å². The molecule has 0 atom stereocenters. The molecule has 0 saturated carbocycles. The van der Waals surface area contributed by atoms with E-state index in [0.717, 1.165) is 18.5 Å². The third kappa shape index (κ3) is 3.20. The van der Waals surface area contributed by atoms with Gasteiger partial charge in [0.15, 0.2) is 6.17 Å². The summed E-state index contributed by atoms with van der Waals surface area (Å²) < 4.78 is 10.5. The van der Waals surface area contributed by atoms with Crippen molar-refractivity contribution in [1.29, 1.82) is 0 Å². The van der Waals surface area contributed by atoms with Crippen LogP contribution in [0.3, 0.4) is 0 Å². The molecule has 2 aromatic carbocycles. The summed E-state index contributed by atoms with van der Waals surface area (Å²) in [6.45, 7) is 11.0. The van der Waals surface area contributed by atoms with Crippen molar-refractivity contribution in [1.82, 2.24) is 0 Å². The predicted molar refractivity (Wildman–Crippen MR) is 108 cm³/mol. The first-order valence-electron chi connectivity index (χ1n) is 9.88. The lowest BCUT2D eigenvalue weighted by Crippen LogP contribution is -2.30. The maximum absolute atomic E-state index is 8.50. The van der Waals surface area contributed by atoms with Crippen molar-refractivity contribution < 1.29 is 5.94 Å². The molecule has 0 fully saturated rings. The second-order valence-corrected chi connectivity index (χ2v) is 7.30. The second kappa shape index (κ2) is 7.00. The molecule has 25 heavy (non-hydrogen) atoms. The summed E-state index contributed by atoms with van der Waals surface area (Å²) in [6, 6.07) is 13.3. The quantitative estimate of drug-likeness (QED) is 0.503. The average Bonchev–Trinajstić information content (AvgIpc) is 2.61. The minimum Gasteiger partial charge on any atom is -0.200 e. The third-order valence-corrected chi connectivity index (χ3v) is 5.60. The Balaban J connectivity index is 2.34. The first-order valence-corrected chi connectivity index (χ1v) is 9.38. The summed E-state index contributed by atoms with van der Waals surface area (Å²) in [4.78, 5) is 0. The molecule has 3 rings (SSSR count). The van der Waals surface area contributed by atoms with Crippen LogP contribution in [0, 0.1) is 20.8 Å². The molecular formula is C24H30N+. The van der Waals surface area contributed by atoms with Gasteiger partial charge in [-0.15, -0.1) is 0 Å². The average molecular weight is 334 g/mol. The highest BCUT2D eigenvalue weighted by Crippen LogP contribution is 2.32. The molecule has 0 saturated heterocycles. The molecule has 0 N–H and O–H groups in total. The van der Waals surface area contributed by atoms with E-state index in [1.165, 1.54) is 38.6 Å². The molecule has 130 valence electrons. The van der Waals surface area contributed by atoms with E-state index < -0.39 is 0 Å². The summed E-state index contributed by atoms with van der Waals surface area (Å²) in [7, 11) is 2.00. The standard InChI is InChI=1S/C24H30N/c1-7-19(8-2)20-9-10-22-21(15-20)11-12-25(6)24(22)23-14-16(3)13-17(4)18(23)5/h9-15,19H,7-8H2,1-6H3/q+1/i12D. The number of aromatic nitrogens is 1. The topological polar surface area (TPSA) is 3.88 Å². The van der Waals surface area contributed by atoms with Crippen LogP contribution in [-0.4, -0.2) is 0 Å². The summed E-state index contributed by atoms with van der Waals surface area (Å²) in [5, 5.41) is 2.40. The van der Waals surface area contributed by atoms with Crippen molar-refractivity contribution in [3.8, 4) is 11.3 Å². The lowest BCUT2D eigenvalue weighted by Gasteiger charge is -2.15. The number of hydrogen-bond donors (Lipinski definition) is 0. The van der Waals surface area contributed by atoms with Gasteiger partial charge in [-0.2, -0.15) is 0 Å². The smallest absolute Gasteiger partial charge is 0.200 e. The molecule has 3 aromatic rings. The van der Waals surface area contributed by atoms with Gasteiger partial charge in [-0.1, -0.05) is 37.6 Å². The zero-order valence-corrected chi connectivity index (χ0v) is 16.4. The third-order valence-electron chi connectivity index (χ3n) is 5.60. The predicted octanol–water partition coefficient (Wildman–Crippen LogP) is 6.16. The van der Waals surface area contributed by atoms with Crippen molar-refractivity contribution >= 4 is 10.8 Å². The van der Waals surface area contributed by atoms with Gasteiger partial charge in [-0.25, -0.2) is 4.57 Å². The van der Waals surface area contributed by atoms with E-state index in [-0.39, 0.29) is 0 Å². The number of rotatable bonds is 4. The number of hydrogen-bond acceptors (Lipinski definition) is 0. The largest absolute Gasteiger partial charge is 0.220 e. The van der Waals surface area contributed by atoms with Gasteiger partial charge in [0.25, 0.3) is 0 Å². The highest BCUT2D eigenvalue weighted by Gasteiger charge is 2.19. The molecular weight excluding hydrogens is 302 g/mol. The Morgan fingerprint density at radius 2 is 1.72 bits per heavy atom. The number of nitrogens with zero attached hydrogens (tertiary/aromatic N) is 1. The van der Waals surface area contributed by atoms with Crippen molar-refractivity contribution in [2.45, 2.75) is 53.4 Å². The highest BCUT2D eigenvalue weighted by atomic mass is 14.9. The monoisotopic (exact) mass is 333 g/mol. The Labute approximate surface area is 153 Å². The minimum atomic E-state index is 0.549. The van der Waals surface area contributed by atoms with Crippen molar-refractivity contribution in [2.75, 3.05) is 0 Å². The molecule has 1 nitrogen and oxygen atoms in total. The van der Waals surface area contributed by atoms with Crippen LogP contribution in [0.4, 0.5) is 0 Å². The zero-order chi connectivity index (χ0) is 19.0. The van der Waals surface area contributed by atoms with Crippen LogP contribution >= 0.6 is 0 Å². The first kappa shape index (κ1) is 16.3.